The minimum Gasteiger partial charge on any atom is -0.493 e. The topological polar surface area (TPSA) is 76.2 Å². The molecule has 1 aromatic heterocycles. The van der Waals surface area contributed by atoms with Crippen LogP contribution >= 0.6 is 23.4 Å². The third kappa shape index (κ3) is 4.06. The molecule has 0 saturated heterocycles. The zero-order valence-corrected chi connectivity index (χ0v) is 17.6. The third-order valence-corrected chi connectivity index (χ3v) is 6.21. The predicted octanol–water partition coefficient (Wildman–Crippen LogP) is 4.73. The Balaban J connectivity index is 1.73. The van der Waals surface area contributed by atoms with E-state index in [2.05, 4.69) is 15.5 Å². The minimum atomic E-state index is -0.127. The first-order valence-electron chi connectivity index (χ1n) is 9.07. The number of nitrogens with zero attached hydrogens (tertiary/aromatic N) is 1. The number of ether oxygens (including phenoxy) is 2. The number of fused-ring (bicyclic) bond motifs is 1. The molecule has 4 rings (SSSR count). The second-order valence-electron chi connectivity index (χ2n) is 6.64. The summed E-state index contributed by atoms with van der Waals surface area (Å²) in [7, 11) is 1.62. The van der Waals surface area contributed by atoms with Gasteiger partial charge in [0.1, 0.15) is 6.61 Å². The van der Waals surface area contributed by atoms with Crippen LogP contribution in [0, 0.1) is 6.92 Å². The van der Waals surface area contributed by atoms with Gasteiger partial charge in [0, 0.05) is 21.8 Å². The van der Waals surface area contributed by atoms with Gasteiger partial charge in [-0.25, -0.2) is 0 Å². The van der Waals surface area contributed by atoms with Crippen LogP contribution in [-0.4, -0.2) is 29.0 Å². The number of rotatable bonds is 5. The first-order chi connectivity index (χ1) is 14.1. The highest BCUT2D eigenvalue weighted by Gasteiger charge is 2.31. The Morgan fingerprint density at radius 3 is 2.79 bits per heavy atom. The maximum absolute atomic E-state index is 12.1. The number of halogens is 1. The molecule has 0 radical (unpaired) electrons. The van der Waals surface area contributed by atoms with Gasteiger partial charge in [0.05, 0.1) is 18.1 Å². The highest BCUT2D eigenvalue weighted by molar-refractivity contribution is 8.00. The van der Waals surface area contributed by atoms with Crippen LogP contribution in [0.4, 0.5) is 5.82 Å². The predicted molar refractivity (Wildman–Crippen MR) is 115 cm³/mol. The summed E-state index contributed by atoms with van der Waals surface area (Å²) >= 11 is 7.52. The van der Waals surface area contributed by atoms with E-state index in [9.17, 15) is 4.79 Å². The fourth-order valence-electron chi connectivity index (χ4n) is 3.30. The van der Waals surface area contributed by atoms with Gasteiger partial charge in [-0.1, -0.05) is 35.9 Å². The van der Waals surface area contributed by atoms with E-state index in [1.807, 2.05) is 49.4 Å². The first kappa shape index (κ1) is 19.7. The van der Waals surface area contributed by atoms with E-state index in [1.165, 1.54) is 11.8 Å². The Kier molecular flexibility index (Phi) is 5.69. The molecule has 1 atom stereocenters. The highest BCUT2D eigenvalue weighted by atomic mass is 35.5. The van der Waals surface area contributed by atoms with Crippen molar-refractivity contribution in [2.45, 2.75) is 18.8 Å². The van der Waals surface area contributed by atoms with Crippen molar-refractivity contribution in [2.24, 2.45) is 0 Å². The van der Waals surface area contributed by atoms with Crippen molar-refractivity contribution in [2.75, 3.05) is 18.2 Å². The van der Waals surface area contributed by atoms with Crippen molar-refractivity contribution in [3.05, 3.63) is 69.9 Å². The van der Waals surface area contributed by atoms with Crippen LogP contribution in [0.5, 0.6) is 11.5 Å². The van der Waals surface area contributed by atoms with Gasteiger partial charge in [0.25, 0.3) is 0 Å². The van der Waals surface area contributed by atoms with Gasteiger partial charge in [0.2, 0.25) is 5.91 Å². The van der Waals surface area contributed by atoms with E-state index < -0.39 is 0 Å². The van der Waals surface area contributed by atoms with Crippen LogP contribution in [-0.2, 0) is 11.4 Å². The quantitative estimate of drug-likeness (QED) is 0.613. The fourth-order valence-corrected chi connectivity index (χ4v) is 4.64. The Morgan fingerprint density at radius 2 is 2.03 bits per heavy atom. The Labute approximate surface area is 177 Å². The molecule has 6 nitrogen and oxygen atoms in total. The van der Waals surface area contributed by atoms with Crippen LogP contribution in [0.3, 0.4) is 0 Å². The van der Waals surface area contributed by atoms with Crippen molar-refractivity contribution in [1.29, 1.82) is 0 Å². The van der Waals surface area contributed by atoms with Crippen LogP contribution in [0.2, 0.25) is 5.02 Å². The molecule has 2 N–H and O–H groups in total. The molecule has 0 bridgehead atoms. The molecule has 1 aliphatic rings. The fraction of sp³-hybridized carbons (Fsp3) is 0.238. The highest BCUT2D eigenvalue weighted by Crippen LogP contribution is 2.47. The van der Waals surface area contributed by atoms with E-state index in [0.717, 1.165) is 22.4 Å². The number of carbonyl (C=O) groups excluding carboxylic acids is 1. The van der Waals surface area contributed by atoms with Gasteiger partial charge in [-0.2, -0.15) is 5.10 Å². The molecule has 8 heteroatoms. The number of anilines is 1. The molecule has 0 fully saturated rings. The number of hydrogen-bond donors (Lipinski definition) is 2. The zero-order valence-electron chi connectivity index (χ0n) is 16.0. The number of H-pyrrole nitrogens is 1. The monoisotopic (exact) mass is 429 g/mol. The summed E-state index contributed by atoms with van der Waals surface area (Å²) in [5, 5.41) is 10.7. The van der Waals surface area contributed by atoms with Gasteiger partial charge < -0.3 is 14.8 Å². The van der Waals surface area contributed by atoms with E-state index in [4.69, 9.17) is 21.1 Å². The maximum atomic E-state index is 12.1. The van der Waals surface area contributed by atoms with Crippen molar-refractivity contribution in [3.8, 4) is 11.5 Å². The second kappa shape index (κ2) is 8.39. The molecule has 2 aromatic carbocycles. The van der Waals surface area contributed by atoms with Gasteiger partial charge in [-0.05, 0) is 30.7 Å². The smallest absolute Gasteiger partial charge is 0.235 e. The molecule has 2 heterocycles. The van der Waals surface area contributed by atoms with Crippen molar-refractivity contribution in [3.63, 3.8) is 0 Å². The van der Waals surface area contributed by atoms with Gasteiger partial charge in [0.15, 0.2) is 17.3 Å². The average molecular weight is 430 g/mol. The number of carbonyl (C=O) groups is 1. The van der Waals surface area contributed by atoms with Gasteiger partial charge in [-0.3, -0.25) is 9.89 Å². The number of aromatic amines is 1. The average Bonchev–Trinajstić information content (AvgIpc) is 2.98. The molecule has 150 valence electrons. The van der Waals surface area contributed by atoms with Crippen LogP contribution in [0.15, 0.2) is 42.5 Å². The standard InChI is InChI=1S/C21H20ClN3O3S/c1-12-18-20(29-11-17(26)23-21(18)25-24-12)15-4-3-5-16(27-2)19(15)28-10-13-6-8-14(22)9-7-13/h3-9,20H,10-11H2,1-2H3,(H2,23,24,25,26)/t20-/m0/s1. The second-order valence-corrected chi connectivity index (χ2v) is 8.17. The lowest BCUT2D eigenvalue weighted by Gasteiger charge is -2.21. The van der Waals surface area contributed by atoms with E-state index in [1.54, 1.807) is 7.11 Å². The van der Waals surface area contributed by atoms with Crippen molar-refractivity contribution < 1.29 is 14.3 Å². The number of nitrogens with one attached hydrogen (secondary N) is 2. The summed E-state index contributed by atoms with van der Waals surface area (Å²) in [5.74, 6) is 2.12. The Bertz CT molecular complexity index is 1040. The molecule has 1 aliphatic heterocycles. The number of amides is 1. The molecule has 1 amide bonds. The number of benzene rings is 2. The third-order valence-electron chi connectivity index (χ3n) is 4.70. The minimum absolute atomic E-state index is 0.0724. The molecular weight excluding hydrogens is 410 g/mol. The Morgan fingerprint density at radius 1 is 1.24 bits per heavy atom. The summed E-state index contributed by atoms with van der Waals surface area (Å²) < 4.78 is 11.8. The largest absolute Gasteiger partial charge is 0.493 e. The Hall–Kier alpha value is -2.64. The summed E-state index contributed by atoms with van der Waals surface area (Å²) in [6.45, 7) is 2.32. The van der Waals surface area contributed by atoms with Crippen LogP contribution in [0.1, 0.15) is 27.6 Å². The number of aryl methyl sites for hydroxylation is 1. The zero-order chi connectivity index (χ0) is 20.4. The lowest BCUT2D eigenvalue weighted by atomic mass is 10.0. The number of methoxy groups -OCH3 is 1. The summed E-state index contributed by atoms with van der Waals surface area (Å²) in [4.78, 5) is 12.1. The molecule has 29 heavy (non-hydrogen) atoms. The number of hydrogen-bond acceptors (Lipinski definition) is 5. The van der Waals surface area contributed by atoms with Crippen LogP contribution < -0.4 is 14.8 Å². The summed E-state index contributed by atoms with van der Waals surface area (Å²) in [6.07, 6.45) is 0. The summed E-state index contributed by atoms with van der Waals surface area (Å²) in [5.41, 5.74) is 3.79. The number of thioether (sulfide) groups is 1. The van der Waals surface area contributed by atoms with Crippen molar-refractivity contribution in [1.82, 2.24) is 10.2 Å². The lowest BCUT2D eigenvalue weighted by molar-refractivity contribution is -0.113. The normalized spacial score (nSPS) is 16.0. The number of aromatic nitrogens is 2. The van der Waals surface area contributed by atoms with Crippen molar-refractivity contribution >= 4 is 35.1 Å². The van der Waals surface area contributed by atoms with Crippen LogP contribution in [0.25, 0.3) is 0 Å². The maximum Gasteiger partial charge on any atom is 0.235 e. The molecule has 0 unspecified atom stereocenters. The molecular formula is C21H20ClN3O3S. The summed E-state index contributed by atoms with van der Waals surface area (Å²) in [6, 6.07) is 13.3. The SMILES string of the molecule is COc1cccc([C@@H]2SCC(=O)Nc3n[nH]c(C)c32)c1OCc1ccc(Cl)cc1. The van der Waals surface area contributed by atoms with Gasteiger partial charge in [-0.15, -0.1) is 11.8 Å². The van der Waals surface area contributed by atoms with E-state index >= 15 is 0 Å². The molecule has 0 aliphatic carbocycles. The molecule has 0 saturated carbocycles. The van der Waals surface area contributed by atoms with Gasteiger partial charge >= 0.3 is 0 Å². The van der Waals surface area contributed by atoms with E-state index in [0.29, 0.717) is 34.7 Å². The molecule has 3 aromatic rings. The lowest BCUT2D eigenvalue weighted by Crippen LogP contribution is -2.12. The number of para-hydroxylation sites is 1. The first-order valence-corrected chi connectivity index (χ1v) is 10.5. The molecule has 0 spiro atoms. The van der Waals surface area contributed by atoms with E-state index in [-0.39, 0.29) is 11.2 Å².